The van der Waals surface area contributed by atoms with Gasteiger partial charge in [0.15, 0.2) is 0 Å². The lowest BCUT2D eigenvalue weighted by Gasteiger charge is -1.89. The average Bonchev–Trinajstić information content (AvgIpc) is 1.65. The fraction of sp³-hybridized carbons (Fsp3) is 0.333. The predicted octanol–water partition coefficient (Wildman–Crippen LogP) is 2.37. The normalized spacial score (nSPS) is 11.1. The lowest BCUT2D eigenvalue weighted by Crippen LogP contribution is -1.73. The molecule has 0 aromatic rings. The Hall–Kier alpha value is -0.790. The molecule has 0 spiro atoms. The Morgan fingerprint density at radius 2 is 2.12 bits per heavy atom. The van der Waals surface area contributed by atoms with E-state index in [1.165, 1.54) is 13.0 Å². The molecule has 0 saturated heterocycles. The van der Waals surface area contributed by atoms with Gasteiger partial charge < -0.3 is 0 Å². The van der Waals surface area contributed by atoms with Crippen LogP contribution in [0.5, 0.6) is 0 Å². The van der Waals surface area contributed by atoms with Crippen molar-refractivity contribution in [3.05, 3.63) is 24.0 Å². The molecule has 0 aromatic carbocycles. The van der Waals surface area contributed by atoms with Gasteiger partial charge in [-0.25, -0.2) is 0 Å². The molecule has 0 aliphatic carbocycles. The van der Waals surface area contributed by atoms with Crippen molar-refractivity contribution in [1.29, 1.82) is 0 Å². The average molecular weight is 116 g/mol. The van der Waals surface area contributed by atoms with Crippen LogP contribution in [-0.2, 0) is 4.94 Å². The molecule has 0 aliphatic heterocycles. The molecule has 0 saturated carbocycles. The van der Waals surface area contributed by atoms with Crippen LogP contribution in [0, 0.1) is 0 Å². The summed E-state index contributed by atoms with van der Waals surface area (Å²) in [5.41, 5.74) is 0.778. The van der Waals surface area contributed by atoms with Gasteiger partial charge in [-0.2, -0.15) is 0 Å². The number of halogens is 1. The molecule has 0 N–H and O–H groups in total. The van der Waals surface area contributed by atoms with Crippen molar-refractivity contribution in [2.75, 3.05) is 0 Å². The fourth-order valence-corrected chi connectivity index (χ4v) is 0.369. The van der Waals surface area contributed by atoms with Crippen LogP contribution in [0.15, 0.2) is 24.0 Å². The lowest BCUT2D eigenvalue weighted by molar-refractivity contribution is -0.0820. The number of hydrogen-bond donors (Lipinski definition) is 0. The summed E-state index contributed by atoms with van der Waals surface area (Å²) in [6, 6.07) is 0. The Kier molecular flexibility index (Phi) is 2.92. The first kappa shape index (κ1) is 7.21. The van der Waals surface area contributed by atoms with Crippen LogP contribution in [-0.4, -0.2) is 0 Å². The molecule has 1 nitrogen and oxygen atoms in total. The molecular formula is C6H9FO. The Morgan fingerprint density at radius 1 is 1.62 bits per heavy atom. The number of allylic oxidation sites excluding steroid dienone is 3. The summed E-state index contributed by atoms with van der Waals surface area (Å²) < 4.78 is 11.1. The summed E-state index contributed by atoms with van der Waals surface area (Å²) >= 11 is 0. The van der Waals surface area contributed by atoms with E-state index in [1.54, 1.807) is 6.92 Å². The smallest absolute Gasteiger partial charge is 0.146 e. The lowest BCUT2D eigenvalue weighted by atomic mass is 10.3. The molecule has 0 atom stereocenters. The van der Waals surface area contributed by atoms with Crippen molar-refractivity contribution in [1.82, 2.24) is 0 Å². The van der Waals surface area contributed by atoms with E-state index in [2.05, 4.69) is 11.5 Å². The van der Waals surface area contributed by atoms with E-state index < -0.39 is 0 Å². The summed E-state index contributed by atoms with van der Waals surface area (Å²) in [5, 5.41) is 0. The Morgan fingerprint density at radius 3 is 2.25 bits per heavy atom. The zero-order chi connectivity index (χ0) is 6.57. The van der Waals surface area contributed by atoms with E-state index in [1.807, 2.05) is 0 Å². The molecule has 0 amide bonds. The third kappa shape index (κ3) is 3.40. The van der Waals surface area contributed by atoms with Crippen molar-refractivity contribution in [3.63, 3.8) is 0 Å². The minimum atomic E-state index is 0.234. The second-order valence-electron chi connectivity index (χ2n) is 1.68. The Bertz CT molecular complexity index is 116. The monoisotopic (exact) mass is 116 g/mol. The van der Waals surface area contributed by atoms with Crippen molar-refractivity contribution in [3.8, 4) is 0 Å². The van der Waals surface area contributed by atoms with Gasteiger partial charge in [0.05, 0.1) is 0 Å². The van der Waals surface area contributed by atoms with Gasteiger partial charge in [-0.3, -0.25) is 4.94 Å². The second-order valence-corrected chi connectivity index (χ2v) is 1.68. The molecule has 0 radical (unpaired) electrons. The minimum Gasteiger partial charge on any atom is -0.299 e. The number of hydrogen-bond acceptors (Lipinski definition) is 1. The summed E-state index contributed by atoms with van der Waals surface area (Å²) in [6.45, 7) is 6.81. The molecule has 0 bridgehead atoms. The van der Waals surface area contributed by atoms with Crippen molar-refractivity contribution in [2.45, 2.75) is 13.8 Å². The van der Waals surface area contributed by atoms with E-state index in [9.17, 15) is 4.53 Å². The molecule has 0 aliphatic rings. The van der Waals surface area contributed by atoms with Crippen molar-refractivity contribution in [2.24, 2.45) is 0 Å². The fourth-order valence-electron chi connectivity index (χ4n) is 0.369. The van der Waals surface area contributed by atoms with E-state index in [0.717, 1.165) is 5.57 Å². The molecule has 2 heteroatoms. The van der Waals surface area contributed by atoms with Gasteiger partial charge in [0.1, 0.15) is 5.76 Å². The second kappa shape index (κ2) is 3.24. The molecule has 0 aromatic heterocycles. The highest BCUT2D eigenvalue weighted by Crippen LogP contribution is 1.99. The molecule has 0 rings (SSSR count). The molecule has 46 valence electrons. The molecule has 0 heterocycles. The quantitative estimate of drug-likeness (QED) is 0.397. The van der Waals surface area contributed by atoms with Gasteiger partial charge >= 0.3 is 0 Å². The maximum Gasteiger partial charge on any atom is 0.146 e. The maximum absolute atomic E-state index is 11.1. The zero-order valence-corrected chi connectivity index (χ0v) is 5.07. The van der Waals surface area contributed by atoms with Crippen LogP contribution in [0.25, 0.3) is 0 Å². The van der Waals surface area contributed by atoms with Crippen LogP contribution in [0.3, 0.4) is 0 Å². The van der Waals surface area contributed by atoms with Crippen LogP contribution in [0.2, 0.25) is 0 Å². The Balaban J connectivity index is 3.75. The largest absolute Gasteiger partial charge is 0.299 e. The standard InChI is InChI=1S/C6H9FO/c1-5(2)4-6(3)8-7/h4H,1H2,2-3H3/b6-4-. The third-order valence-electron chi connectivity index (χ3n) is 0.571. The highest BCUT2D eigenvalue weighted by molar-refractivity contribution is 5.13. The SMILES string of the molecule is C=C(C)/C=C(/C)OF. The molecular weight excluding hydrogens is 107 g/mol. The highest BCUT2D eigenvalue weighted by Gasteiger charge is 1.84. The van der Waals surface area contributed by atoms with Gasteiger partial charge in [0, 0.05) is 4.53 Å². The van der Waals surface area contributed by atoms with Crippen molar-refractivity contribution >= 4 is 0 Å². The first-order chi connectivity index (χ1) is 3.66. The summed E-state index contributed by atoms with van der Waals surface area (Å²) in [5.74, 6) is 0.234. The van der Waals surface area contributed by atoms with E-state index >= 15 is 0 Å². The molecule has 8 heavy (non-hydrogen) atoms. The van der Waals surface area contributed by atoms with Gasteiger partial charge in [0.2, 0.25) is 0 Å². The first-order valence-corrected chi connectivity index (χ1v) is 2.29. The predicted molar refractivity (Wildman–Crippen MR) is 30.8 cm³/mol. The minimum absolute atomic E-state index is 0.234. The first-order valence-electron chi connectivity index (χ1n) is 2.29. The van der Waals surface area contributed by atoms with Crippen molar-refractivity contribution < 1.29 is 9.47 Å². The van der Waals surface area contributed by atoms with Crippen LogP contribution in [0.4, 0.5) is 4.53 Å². The molecule has 0 unspecified atom stereocenters. The Labute approximate surface area is 48.4 Å². The van der Waals surface area contributed by atoms with Gasteiger partial charge in [-0.05, 0) is 19.9 Å². The third-order valence-corrected chi connectivity index (χ3v) is 0.571. The highest BCUT2D eigenvalue weighted by atomic mass is 19.3. The van der Waals surface area contributed by atoms with Crippen LogP contribution in [0.1, 0.15) is 13.8 Å². The van der Waals surface area contributed by atoms with Crippen LogP contribution >= 0.6 is 0 Å². The summed E-state index contributed by atoms with van der Waals surface area (Å²) in [7, 11) is 0. The van der Waals surface area contributed by atoms with Crippen LogP contribution < -0.4 is 0 Å². The summed E-state index contributed by atoms with van der Waals surface area (Å²) in [6.07, 6.45) is 1.51. The topological polar surface area (TPSA) is 9.23 Å². The molecule has 0 fully saturated rings. The van der Waals surface area contributed by atoms with Gasteiger partial charge in [-0.1, -0.05) is 12.2 Å². The summed E-state index contributed by atoms with van der Waals surface area (Å²) in [4.78, 5) is 3.36. The number of rotatable bonds is 2. The van der Waals surface area contributed by atoms with E-state index in [-0.39, 0.29) is 5.76 Å². The zero-order valence-electron chi connectivity index (χ0n) is 5.07. The van der Waals surface area contributed by atoms with Gasteiger partial charge in [-0.15, -0.1) is 0 Å². The maximum atomic E-state index is 11.1. The van der Waals surface area contributed by atoms with E-state index in [0.29, 0.717) is 0 Å². The van der Waals surface area contributed by atoms with E-state index in [4.69, 9.17) is 0 Å². The van der Waals surface area contributed by atoms with Gasteiger partial charge in [0.25, 0.3) is 0 Å².